The lowest BCUT2D eigenvalue weighted by Crippen LogP contribution is -2.37. The largest absolute Gasteiger partial charge is 0.393 e. The predicted molar refractivity (Wildman–Crippen MR) is 95.4 cm³/mol. The summed E-state index contributed by atoms with van der Waals surface area (Å²) in [6.45, 7) is 2.93. The summed E-state index contributed by atoms with van der Waals surface area (Å²) >= 11 is 1.49. The van der Waals surface area contributed by atoms with E-state index in [-0.39, 0.29) is 17.3 Å². The van der Waals surface area contributed by atoms with Gasteiger partial charge >= 0.3 is 0 Å². The summed E-state index contributed by atoms with van der Waals surface area (Å²) in [4.78, 5) is 14.0. The fourth-order valence-electron chi connectivity index (χ4n) is 2.61. The molecule has 8 heteroatoms. The monoisotopic (exact) mass is 372 g/mol. The number of hydrogen-bond acceptors (Lipinski definition) is 5. The van der Waals surface area contributed by atoms with E-state index in [0.717, 1.165) is 17.5 Å². The molecular formula is C16H24N2O4S2. The molecule has 1 aromatic rings. The molecule has 0 radical (unpaired) electrons. The molecule has 0 aromatic heterocycles. The molecule has 0 spiro atoms. The lowest BCUT2D eigenvalue weighted by molar-refractivity contribution is -0.129. The SMILES string of the molecule is CSCC(=O)N1CCc2ccc(S(=O)(=O)NCC[C@H](C)O)cc2C1. The van der Waals surface area contributed by atoms with Crippen molar-refractivity contribution in [1.29, 1.82) is 0 Å². The molecule has 1 aliphatic rings. The number of carbonyl (C=O) groups is 1. The number of aliphatic hydroxyl groups excluding tert-OH is 1. The fourth-order valence-corrected chi connectivity index (χ4v) is 4.14. The zero-order valence-electron chi connectivity index (χ0n) is 14.0. The highest BCUT2D eigenvalue weighted by Gasteiger charge is 2.22. The van der Waals surface area contributed by atoms with Gasteiger partial charge in [-0.2, -0.15) is 11.8 Å². The second-order valence-electron chi connectivity index (χ2n) is 5.96. The molecule has 134 valence electrons. The van der Waals surface area contributed by atoms with Crippen molar-refractivity contribution in [2.75, 3.05) is 25.1 Å². The Kier molecular flexibility index (Phi) is 6.68. The molecule has 6 nitrogen and oxygen atoms in total. The normalized spacial score (nSPS) is 15.9. The van der Waals surface area contributed by atoms with Gasteiger partial charge in [0.2, 0.25) is 15.9 Å². The van der Waals surface area contributed by atoms with E-state index in [1.807, 2.05) is 12.3 Å². The van der Waals surface area contributed by atoms with Gasteiger partial charge in [0.1, 0.15) is 0 Å². The number of thioether (sulfide) groups is 1. The average molecular weight is 373 g/mol. The highest BCUT2D eigenvalue weighted by atomic mass is 32.2. The number of carbonyl (C=O) groups excluding carboxylic acids is 1. The van der Waals surface area contributed by atoms with E-state index in [4.69, 9.17) is 0 Å². The number of benzene rings is 1. The van der Waals surface area contributed by atoms with Crippen LogP contribution in [0.15, 0.2) is 23.1 Å². The Hall–Kier alpha value is -1.09. The van der Waals surface area contributed by atoms with Crippen molar-refractivity contribution in [3.05, 3.63) is 29.3 Å². The Labute approximate surface area is 147 Å². The quantitative estimate of drug-likeness (QED) is 0.745. The van der Waals surface area contributed by atoms with E-state index in [1.165, 1.54) is 11.8 Å². The first-order valence-corrected chi connectivity index (χ1v) is 10.8. The molecule has 1 atom stereocenters. The van der Waals surface area contributed by atoms with E-state index >= 15 is 0 Å². The summed E-state index contributed by atoms with van der Waals surface area (Å²) in [7, 11) is -3.61. The molecule has 1 aromatic carbocycles. The van der Waals surface area contributed by atoms with E-state index in [2.05, 4.69) is 4.72 Å². The minimum atomic E-state index is -3.61. The smallest absolute Gasteiger partial charge is 0.240 e. The molecule has 0 unspecified atom stereocenters. The molecule has 2 rings (SSSR count). The van der Waals surface area contributed by atoms with Crippen LogP contribution < -0.4 is 4.72 Å². The second kappa shape index (κ2) is 8.33. The number of nitrogens with zero attached hydrogens (tertiary/aromatic N) is 1. The van der Waals surface area contributed by atoms with Gasteiger partial charge in [-0.05, 0) is 49.3 Å². The molecule has 1 heterocycles. The van der Waals surface area contributed by atoms with E-state index in [0.29, 0.717) is 25.3 Å². The molecule has 24 heavy (non-hydrogen) atoms. The van der Waals surface area contributed by atoms with Crippen LogP contribution in [0.3, 0.4) is 0 Å². The van der Waals surface area contributed by atoms with Crippen molar-refractivity contribution in [2.45, 2.75) is 37.3 Å². The summed E-state index contributed by atoms with van der Waals surface area (Å²) in [5, 5.41) is 9.23. The van der Waals surface area contributed by atoms with Crippen LogP contribution in [0.25, 0.3) is 0 Å². The Balaban J connectivity index is 2.13. The number of sulfonamides is 1. The second-order valence-corrected chi connectivity index (χ2v) is 8.60. The number of fused-ring (bicyclic) bond motifs is 1. The third-order valence-corrected chi connectivity index (χ3v) is 5.97. The summed E-state index contributed by atoms with van der Waals surface area (Å²) in [6, 6.07) is 5.08. The van der Waals surface area contributed by atoms with Crippen LogP contribution in [0, 0.1) is 0 Å². The summed E-state index contributed by atoms with van der Waals surface area (Å²) in [6.07, 6.45) is 2.44. The first-order chi connectivity index (χ1) is 11.3. The Morgan fingerprint density at radius 1 is 1.42 bits per heavy atom. The summed E-state index contributed by atoms with van der Waals surface area (Å²) < 4.78 is 27.2. The minimum absolute atomic E-state index is 0.0801. The topological polar surface area (TPSA) is 86.7 Å². The van der Waals surface area contributed by atoms with Crippen molar-refractivity contribution >= 4 is 27.7 Å². The standard InChI is InChI=1S/C16H24N2O4S2/c1-12(19)5-7-17-24(21,22)15-4-3-13-6-8-18(10-14(13)9-15)16(20)11-23-2/h3-4,9,12,17,19H,5-8,10-11H2,1-2H3/t12-/m0/s1. The lowest BCUT2D eigenvalue weighted by Gasteiger charge is -2.29. The number of aliphatic hydroxyl groups is 1. The molecule has 2 N–H and O–H groups in total. The van der Waals surface area contributed by atoms with Crippen molar-refractivity contribution in [2.24, 2.45) is 0 Å². The fraction of sp³-hybridized carbons (Fsp3) is 0.562. The molecule has 1 aliphatic heterocycles. The van der Waals surface area contributed by atoms with Gasteiger partial charge in [-0.25, -0.2) is 13.1 Å². The summed E-state index contributed by atoms with van der Waals surface area (Å²) in [5.41, 5.74) is 1.97. The zero-order valence-corrected chi connectivity index (χ0v) is 15.6. The van der Waals surface area contributed by atoms with Gasteiger partial charge in [0, 0.05) is 19.6 Å². The van der Waals surface area contributed by atoms with Crippen LogP contribution in [-0.4, -0.2) is 55.5 Å². The van der Waals surface area contributed by atoms with Gasteiger partial charge in [0.05, 0.1) is 16.8 Å². The molecule has 0 saturated carbocycles. The lowest BCUT2D eigenvalue weighted by atomic mass is 10.00. The van der Waals surface area contributed by atoms with Crippen LogP contribution in [0.4, 0.5) is 0 Å². The zero-order chi connectivity index (χ0) is 17.7. The molecule has 1 amide bonds. The molecule has 0 fully saturated rings. The van der Waals surface area contributed by atoms with E-state index < -0.39 is 16.1 Å². The van der Waals surface area contributed by atoms with Crippen LogP contribution in [0.2, 0.25) is 0 Å². The van der Waals surface area contributed by atoms with Crippen molar-refractivity contribution in [1.82, 2.24) is 9.62 Å². The van der Waals surface area contributed by atoms with Gasteiger partial charge in [-0.3, -0.25) is 4.79 Å². The van der Waals surface area contributed by atoms with Gasteiger partial charge in [-0.1, -0.05) is 6.07 Å². The molecule has 0 aliphatic carbocycles. The maximum atomic E-state index is 12.3. The maximum Gasteiger partial charge on any atom is 0.240 e. The van der Waals surface area contributed by atoms with Crippen LogP contribution >= 0.6 is 11.8 Å². The van der Waals surface area contributed by atoms with Gasteiger partial charge < -0.3 is 10.0 Å². The first-order valence-electron chi connectivity index (χ1n) is 7.89. The number of hydrogen-bond donors (Lipinski definition) is 2. The van der Waals surface area contributed by atoms with E-state index in [9.17, 15) is 18.3 Å². The number of rotatable bonds is 7. The maximum absolute atomic E-state index is 12.3. The van der Waals surface area contributed by atoms with Gasteiger partial charge in [0.25, 0.3) is 0 Å². The van der Waals surface area contributed by atoms with Crippen LogP contribution in [0.5, 0.6) is 0 Å². The Morgan fingerprint density at radius 2 is 2.17 bits per heavy atom. The average Bonchev–Trinajstić information content (AvgIpc) is 2.53. The summed E-state index contributed by atoms with van der Waals surface area (Å²) in [5.74, 6) is 0.519. The van der Waals surface area contributed by atoms with Crippen molar-refractivity contribution in [3.8, 4) is 0 Å². The highest BCUT2D eigenvalue weighted by Crippen LogP contribution is 2.23. The van der Waals surface area contributed by atoms with E-state index in [1.54, 1.807) is 24.0 Å². The highest BCUT2D eigenvalue weighted by molar-refractivity contribution is 7.99. The molecule has 0 bridgehead atoms. The molecule has 0 saturated heterocycles. The van der Waals surface area contributed by atoms with Gasteiger partial charge in [-0.15, -0.1) is 0 Å². The number of nitrogens with one attached hydrogen (secondary N) is 1. The van der Waals surface area contributed by atoms with Crippen LogP contribution in [0.1, 0.15) is 24.5 Å². The first kappa shape index (κ1) is 19.2. The third kappa shape index (κ3) is 4.95. The van der Waals surface area contributed by atoms with Crippen LogP contribution in [-0.2, 0) is 27.8 Å². The number of amides is 1. The predicted octanol–water partition coefficient (Wildman–Crippen LogP) is 0.983. The Bertz CT molecular complexity index is 689. The van der Waals surface area contributed by atoms with Crippen molar-refractivity contribution in [3.63, 3.8) is 0 Å². The van der Waals surface area contributed by atoms with Crippen molar-refractivity contribution < 1.29 is 18.3 Å². The molecular weight excluding hydrogens is 348 g/mol. The van der Waals surface area contributed by atoms with Gasteiger partial charge in [0.15, 0.2) is 0 Å². The minimum Gasteiger partial charge on any atom is -0.393 e. The third-order valence-electron chi connectivity index (χ3n) is 3.98. The Morgan fingerprint density at radius 3 is 2.83 bits per heavy atom.